The monoisotopic (exact) mass is 267 g/mol. The van der Waals surface area contributed by atoms with Crippen LogP contribution in [-0.2, 0) is 0 Å². The number of aryl methyl sites for hydroxylation is 1. The maximum Gasteiger partial charge on any atom is 0.356 e. The van der Waals surface area contributed by atoms with Gasteiger partial charge in [0.05, 0.1) is 5.52 Å². The van der Waals surface area contributed by atoms with Gasteiger partial charge in [0.2, 0.25) is 0 Å². The molecule has 3 aromatic rings. The number of rotatable bonds is 3. The largest absolute Gasteiger partial charge is 0.476 e. The average molecular weight is 267 g/mol. The predicted octanol–water partition coefficient (Wildman–Crippen LogP) is 3.49. The van der Waals surface area contributed by atoms with Crippen molar-refractivity contribution in [1.82, 2.24) is 4.73 Å². The zero-order valence-corrected chi connectivity index (χ0v) is 10.9. The van der Waals surface area contributed by atoms with E-state index in [-0.39, 0.29) is 5.69 Å². The lowest BCUT2D eigenvalue weighted by molar-refractivity contribution is 0.0659. The Bertz CT molecular complexity index is 772. The van der Waals surface area contributed by atoms with Crippen LogP contribution in [-0.4, -0.2) is 15.8 Å². The summed E-state index contributed by atoms with van der Waals surface area (Å²) in [6.45, 7) is 1.98. The molecule has 100 valence electrons. The second-order valence-electron chi connectivity index (χ2n) is 4.59. The van der Waals surface area contributed by atoms with Crippen LogP contribution in [0.1, 0.15) is 16.1 Å². The molecule has 4 heteroatoms. The summed E-state index contributed by atoms with van der Waals surface area (Å²) >= 11 is 0. The number of aromatic carboxylic acids is 1. The molecule has 3 rings (SSSR count). The van der Waals surface area contributed by atoms with E-state index in [1.807, 2.05) is 55.5 Å². The number of hydrogen-bond donors (Lipinski definition) is 1. The molecule has 0 aliphatic heterocycles. The van der Waals surface area contributed by atoms with Gasteiger partial charge in [0.1, 0.15) is 0 Å². The molecule has 1 heterocycles. The Morgan fingerprint density at radius 1 is 1.10 bits per heavy atom. The fraction of sp³-hybridized carbons (Fsp3) is 0.0625. The van der Waals surface area contributed by atoms with E-state index in [4.69, 9.17) is 4.84 Å². The van der Waals surface area contributed by atoms with Crippen molar-refractivity contribution in [3.8, 4) is 5.75 Å². The molecular weight excluding hydrogens is 254 g/mol. The lowest BCUT2D eigenvalue weighted by Gasteiger charge is -2.10. The molecule has 0 amide bonds. The summed E-state index contributed by atoms with van der Waals surface area (Å²) in [5.74, 6) is -0.423. The van der Waals surface area contributed by atoms with E-state index >= 15 is 0 Å². The number of para-hydroxylation sites is 1. The van der Waals surface area contributed by atoms with Crippen molar-refractivity contribution < 1.29 is 14.7 Å². The minimum atomic E-state index is -1.02. The maximum atomic E-state index is 11.3. The summed E-state index contributed by atoms with van der Waals surface area (Å²) in [6, 6.07) is 16.5. The van der Waals surface area contributed by atoms with Gasteiger partial charge in [0, 0.05) is 5.39 Å². The van der Waals surface area contributed by atoms with Crippen LogP contribution in [0.15, 0.2) is 54.6 Å². The number of fused-ring (bicyclic) bond motifs is 1. The van der Waals surface area contributed by atoms with Gasteiger partial charge in [-0.05, 0) is 31.2 Å². The fourth-order valence-electron chi connectivity index (χ4n) is 2.08. The minimum Gasteiger partial charge on any atom is -0.476 e. The van der Waals surface area contributed by atoms with Crippen molar-refractivity contribution >= 4 is 16.9 Å². The molecule has 0 unspecified atom stereocenters. The maximum absolute atomic E-state index is 11.3. The van der Waals surface area contributed by atoms with Crippen molar-refractivity contribution in [3.63, 3.8) is 0 Å². The number of aromatic nitrogens is 1. The molecule has 2 aromatic carbocycles. The summed E-state index contributed by atoms with van der Waals surface area (Å²) in [6.07, 6.45) is 0. The average Bonchev–Trinajstić information content (AvgIpc) is 2.81. The van der Waals surface area contributed by atoms with Crippen molar-refractivity contribution in [2.75, 3.05) is 0 Å². The lowest BCUT2D eigenvalue weighted by Crippen LogP contribution is -2.13. The van der Waals surface area contributed by atoms with Gasteiger partial charge in [-0.15, -0.1) is 0 Å². The van der Waals surface area contributed by atoms with Crippen molar-refractivity contribution in [2.45, 2.75) is 6.92 Å². The number of benzene rings is 2. The molecule has 0 saturated carbocycles. The zero-order valence-electron chi connectivity index (χ0n) is 10.9. The number of nitrogens with zero attached hydrogens (tertiary/aromatic N) is 1. The third kappa shape index (κ3) is 2.12. The summed E-state index contributed by atoms with van der Waals surface area (Å²) in [4.78, 5) is 17.0. The highest BCUT2D eigenvalue weighted by molar-refractivity contribution is 5.94. The van der Waals surface area contributed by atoms with Crippen LogP contribution < -0.4 is 4.84 Å². The number of carboxylic acid groups (broad SMARTS) is 1. The van der Waals surface area contributed by atoms with E-state index in [0.29, 0.717) is 5.75 Å². The van der Waals surface area contributed by atoms with Crippen LogP contribution in [0.5, 0.6) is 5.75 Å². The molecular formula is C16H13NO3. The van der Waals surface area contributed by atoms with Crippen LogP contribution in [0.25, 0.3) is 10.9 Å². The number of hydrogen-bond acceptors (Lipinski definition) is 2. The minimum absolute atomic E-state index is 0.103. The molecule has 20 heavy (non-hydrogen) atoms. The molecule has 1 aromatic heterocycles. The highest BCUT2D eigenvalue weighted by atomic mass is 16.7. The van der Waals surface area contributed by atoms with E-state index in [2.05, 4.69) is 0 Å². The van der Waals surface area contributed by atoms with E-state index in [9.17, 15) is 9.90 Å². The molecule has 0 aliphatic carbocycles. The third-order valence-electron chi connectivity index (χ3n) is 3.10. The molecule has 4 nitrogen and oxygen atoms in total. The molecule has 0 atom stereocenters. The first-order valence-electron chi connectivity index (χ1n) is 6.24. The summed E-state index contributed by atoms with van der Waals surface area (Å²) in [7, 11) is 0. The van der Waals surface area contributed by atoms with Gasteiger partial charge >= 0.3 is 5.97 Å². The van der Waals surface area contributed by atoms with Gasteiger partial charge in [-0.2, -0.15) is 4.73 Å². The van der Waals surface area contributed by atoms with Gasteiger partial charge < -0.3 is 9.94 Å². The summed E-state index contributed by atoms with van der Waals surface area (Å²) in [5.41, 5.74) is 1.95. The van der Waals surface area contributed by atoms with Gasteiger partial charge in [-0.25, -0.2) is 4.79 Å². The van der Waals surface area contributed by atoms with Gasteiger partial charge in [-0.1, -0.05) is 35.9 Å². The van der Waals surface area contributed by atoms with Crippen molar-refractivity contribution in [3.05, 3.63) is 65.9 Å². The normalized spacial score (nSPS) is 10.7. The second-order valence-corrected chi connectivity index (χ2v) is 4.59. The Balaban J connectivity index is 2.11. The van der Waals surface area contributed by atoms with E-state index < -0.39 is 5.97 Å². The molecule has 0 spiro atoms. The standard InChI is InChI=1S/C16H13NO3/c1-11-6-8-13(9-7-11)20-17-14-5-3-2-4-12(14)10-15(17)16(18)19/h2-10H,1H3,(H,18,19). The van der Waals surface area contributed by atoms with Crippen LogP contribution in [0.3, 0.4) is 0 Å². The Morgan fingerprint density at radius 2 is 1.80 bits per heavy atom. The highest BCUT2D eigenvalue weighted by Gasteiger charge is 2.16. The molecule has 1 N–H and O–H groups in total. The van der Waals surface area contributed by atoms with Crippen molar-refractivity contribution in [2.24, 2.45) is 0 Å². The summed E-state index contributed by atoms with van der Waals surface area (Å²) < 4.78 is 1.35. The quantitative estimate of drug-likeness (QED) is 0.790. The molecule has 0 bridgehead atoms. The summed E-state index contributed by atoms with van der Waals surface area (Å²) in [5, 5.41) is 10.1. The van der Waals surface area contributed by atoms with Crippen LogP contribution in [0, 0.1) is 6.92 Å². The van der Waals surface area contributed by atoms with Gasteiger partial charge in [0.25, 0.3) is 0 Å². The lowest BCUT2D eigenvalue weighted by atomic mass is 10.2. The van der Waals surface area contributed by atoms with E-state index in [0.717, 1.165) is 16.5 Å². The van der Waals surface area contributed by atoms with E-state index in [1.165, 1.54) is 4.73 Å². The first-order valence-corrected chi connectivity index (χ1v) is 6.24. The molecule has 0 aliphatic rings. The van der Waals surface area contributed by atoms with Crippen LogP contribution in [0.2, 0.25) is 0 Å². The number of carbonyl (C=O) groups is 1. The third-order valence-corrected chi connectivity index (χ3v) is 3.10. The second kappa shape index (κ2) is 4.74. The Kier molecular flexibility index (Phi) is 2.91. The first kappa shape index (κ1) is 12.3. The SMILES string of the molecule is Cc1ccc(On2c(C(=O)O)cc3ccccc32)cc1. The Hall–Kier alpha value is -2.75. The fourth-order valence-corrected chi connectivity index (χ4v) is 2.08. The number of carboxylic acids is 1. The smallest absolute Gasteiger partial charge is 0.356 e. The molecule has 0 radical (unpaired) electrons. The first-order chi connectivity index (χ1) is 9.65. The van der Waals surface area contributed by atoms with Crippen LogP contribution in [0.4, 0.5) is 0 Å². The molecule has 0 saturated heterocycles. The van der Waals surface area contributed by atoms with Crippen LogP contribution >= 0.6 is 0 Å². The predicted molar refractivity (Wildman–Crippen MR) is 76.1 cm³/mol. The van der Waals surface area contributed by atoms with Gasteiger partial charge in [0.15, 0.2) is 11.4 Å². The van der Waals surface area contributed by atoms with Crippen molar-refractivity contribution in [1.29, 1.82) is 0 Å². The topological polar surface area (TPSA) is 51.5 Å². The zero-order chi connectivity index (χ0) is 14.1. The van der Waals surface area contributed by atoms with Gasteiger partial charge in [-0.3, -0.25) is 0 Å². The molecule has 0 fully saturated rings. The Morgan fingerprint density at radius 3 is 2.50 bits per heavy atom. The Labute approximate surface area is 115 Å². The van der Waals surface area contributed by atoms with E-state index in [1.54, 1.807) is 6.07 Å². The highest BCUT2D eigenvalue weighted by Crippen LogP contribution is 2.22.